The zero-order valence-electron chi connectivity index (χ0n) is 12.4. The highest BCUT2D eigenvalue weighted by Crippen LogP contribution is 2.25. The normalized spacial score (nSPS) is 11.1. The molecule has 2 aromatic heterocycles. The Bertz CT molecular complexity index is 916. The minimum atomic E-state index is -1.34. The Morgan fingerprint density at radius 3 is 2.74 bits per heavy atom. The van der Waals surface area contributed by atoms with Crippen LogP contribution in [-0.2, 0) is 6.42 Å². The molecule has 23 heavy (non-hydrogen) atoms. The van der Waals surface area contributed by atoms with Crippen LogP contribution in [0.5, 0.6) is 0 Å². The van der Waals surface area contributed by atoms with E-state index in [0.29, 0.717) is 22.0 Å². The van der Waals surface area contributed by atoms with Crippen molar-refractivity contribution in [1.29, 1.82) is 0 Å². The fourth-order valence-electron chi connectivity index (χ4n) is 2.59. The monoisotopic (exact) mass is 332 g/mol. The molecule has 3 aromatic rings. The van der Waals surface area contributed by atoms with E-state index in [-0.39, 0.29) is 17.6 Å². The van der Waals surface area contributed by atoms with Gasteiger partial charge in [-0.15, -0.1) is 0 Å². The van der Waals surface area contributed by atoms with Gasteiger partial charge in [0.25, 0.3) is 0 Å². The number of aromatic carboxylic acids is 1. The fourth-order valence-corrected chi connectivity index (χ4v) is 2.82. The summed E-state index contributed by atoms with van der Waals surface area (Å²) in [6.45, 7) is 3.51. The van der Waals surface area contributed by atoms with Gasteiger partial charge in [0.2, 0.25) is 0 Å². The lowest BCUT2D eigenvalue weighted by atomic mass is 10.0. The zero-order valence-corrected chi connectivity index (χ0v) is 13.2. The van der Waals surface area contributed by atoms with Crippen molar-refractivity contribution in [1.82, 2.24) is 14.6 Å². The highest BCUT2D eigenvalue weighted by molar-refractivity contribution is 6.31. The maximum absolute atomic E-state index is 14.0. The van der Waals surface area contributed by atoms with E-state index in [4.69, 9.17) is 11.6 Å². The van der Waals surface area contributed by atoms with E-state index in [1.165, 1.54) is 16.8 Å². The summed E-state index contributed by atoms with van der Waals surface area (Å²) in [5.74, 6) is -1.73. The molecule has 0 aliphatic rings. The highest BCUT2D eigenvalue weighted by Gasteiger charge is 2.17. The number of carbonyl (C=O) groups is 1. The van der Waals surface area contributed by atoms with Crippen molar-refractivity contribution >= 4 is 23.2 Å². The Kier molecular flexibility index (Phi) is 3.77. The summed E-state index contributed by atoms with van der Waals surface area (Å²) in [5.41, 5.74) is 2.53. The molecule has 0 radical (unpaired) electrons. The van der Waals surface area contributed by atoms with E-state index in [1.54, 1.807) is 26.0 Å². The van der Waals surface area contributed by atoms with Crippen LogP contribution in [0.1, 0.15) is 32.9 Å². The number of halogens is 2. The summed E-state index contributed by atoms with van der Waals surface area (Å²) in [6.07, 6.45) is 1.44. The number of benzene rings is 1. The molecule has 0 amide bonds. The van der Waals surface area contributed by atoms with Crippen LogP contribution >= 0.6 is 11.6 Å². The molecule has 2 heterocycles. The van der Waals surface area contributed by atoms with Crippen LogP contribution in [0.15, 0.2) is 24.4 Å². The molecule has 0 spiro atoms. The molecule has 0 N–H and O–H groups in total. The average Bonchev–Trinajstić information content (AvgIpc) is 2.90. The average molecular weight is 333 g/mol. The predicted molar refractivity (Wildman–Crippen MR) is 81.0 cm³/mol. The first-order chi connectivity index (χ1) is 10.9. The lowest BCUT2D eigenvalue weighted by Gasteiger charge is -2.13. The van der Waals surface area contributed by atoms with Gasteiger partial charge in [0.1, 0.15) is 5.82 Å². The van der Waals surface area contributed by atoms with Crippen molar-refractivity contribution in [3.8, 4) is 0 Å². The number of hydrogen-bond acceptors (Lipinski definition) is 4. The van der Waals surface area contributed by atoms with Crippen molar-refractivity contribution < 1.29 is 14.3 Å². The van der Waals surface area contributed by atoms with Crippen LogP contribution in [0.3, 0.4) is 0 Å². The first-order valence-electron chi connectivity index (χ1n) is 6.88. The fraction of sp³-hybridized carbons (Fsp3) is 0.188. The van der Waals surface area contributed by atoms with E-state index in [1.807, 2.05) is 0 Å². The van der Waals surface area contributed by atoms with Crippen molar-refractivity contribution in [2.24, 2.45) is 0 Å². The molecule has 0 bridgehead atoms. The maximum atomic E-state index is 14.0. The van der Waals surface area contributed by atoms with Crippen molar-refractivity contribution in [3.05, 3.63) is 63.3 Å². The lowest BCUT2D eigenvalue weighted by Crippen LogP contribution is -2.22. The van der Waals surface area contributed by atoms with E-state index in [9.17, 15) is 14.3 Å². The molecule has 0 saturated carbocycles. The molecular formula is C16H12ClFN3O2-. The van der Waals surface area contributed by atoms with E-state index >= 15 is 0 Å². The highest BCUT2D eigenvalue weighted by atomic mass is 35.5. The van der Waals surface area contributed by atoms with Crippen LogP contribution in [0.4, 0.5) is 4.39 Å². The number of hydrogen-bond donors (Lipinski definition) is 0. The standard InChI is InChI=1S/C16H13ClFN3O2/c1-8-10(6-11-13(17)4-3-5-14(11)18)9(2)21-15(20-8)12(7-19-21)16(22)23/h3-5,7H,6H2,1-2H3,(H,22,23)/p-1. The number of aromatic nitrogens is 3. The van der Waals surface area contributed by atoms with Crippen molar-refractivity contribution in [3.63, 3.8) is 0 Å². The number of carbonyl (C=O) groups excluding carboxylic acids is 1. The van der Waals surface area contributed by atoms with Crippen LogP contribution in [0.2, 0.25) is 5.02 Å². The maximum Gasteiger partial charge on any atom is 0.164 e. The summed E-state index contributed by atoms with van der Waals surface area (Å²) < 4.78 is 15.4. The summed E-state index contributed by atoms with van der Waals surface area (Å²) in [7, 11) is 0. The van der Waals surface area contributed by atoms with Crippen LogP contribution < -0.4 is 5.11 Å². The molecule has 0 atom stereocenters. The molecule has 0 aliphatic carbocycles. The Labute approximate surface area is 136 Å². The number of carboxylic acid groups (broad SMARTS) is 1. The zero-order chi connectivity index (χ0) is 16.7. The van der Waals surface area contributed by atoms with E-state index in [2.05, 4.69) is 10.1 Å². The Morgan fingerprint density at radius 2 is 2.09 bits per heavy atom. The van der Waals surface area contributed by atoms with Crippen LogP contribution in [-0.4, -0.2) is 20.6 Å². The Morgan fingerprint density at radius 1 is 1.35 bits per heavy atom. The second-order valence-corrected chi connectivity index (χ2v) is 5.63. The molecule has 0 fully saturated rings. The lowest BCUT2D eigenvalue weighted by molar-refractivity contribution is -0.254. The molecule has 0 unspecified atom stereocenters. The number of rotatable bonds is 3. The van der Waals surface area contributed by atoms with Gasteiger partial charge in [-0.1, -0.05) is 17.7 Å². The van der Waals surface area contributed by atoms with Gasteiger partial charge in [-0.2, -0.15) is 5.10 Å². The number of fused-ring (bicyclic) bond motifs is 1. The molecular weight excluding hydrogens is 321 g/mol. The SMILES string of the molecule is Cc1nc2c(C(=O)[O-])cnn2c(C)c1Cc1c(F)cccc1Cl. The second-order valence-electron chi connectivity index (χ2n) is 5.22. The largest absolute Gasteiger partial charge is 0.545 e. The topological polar surface area (TPSA) is 70.3 Å². The second kappa shape index (κ2) is 5.62. The first kappa shape index (κ1) is 15.4. The summed E-state index contributed by atoms with van der Waals surface area (Å²) in [4.78, 5) is 15.4. The minimum absolute atomic E-state index is 0.0772. The summed E-state index contributed by atoms with van der Waals surface area (Å²) in [5, 5.41) is 15.5. The summed E-state index contributed by atoms with van der Waals surface area (Å²) in [6, 6.07) is 4.51. The van der Waals surface area contributed by atoms with Gasteiger partial charge in [-0.3, -0.25) is 0 Å². The summed E-state index contributed by atoms with van der Waals surface area (Å²) >= 11 is 6.08. The van der Waals surface area contributed by atoms with Gasteiger partial charge in [0.05, 0.1) is 17.7 Å². The van der Waals surface area contributed by atoms with Gasteiger partial charge in [-0.05, 0) is 31.5 Å². The number of carboxylic acids is 1. The smallest absolute Gasteiger partial charge is 0.164 e. The van der Waals surface area contributed by atoms with Crippen molar-refractivity contribution in [2.75, 3.05) is 0 Å². The minimum Gasteiger partial charge on any atom is -0.545 e. The molecule has 0 saturated heterocycles. The third-order valence-electron chi connectivity index (χ3n) is 3.84. The van der Waals surface area contributed by atoms with Crippen LogP contribution in [0.25, 0.3) is 5.65 Å². The number of nitrogens with zero attached hydrogens (tertiary/aromatic N) is 3. The van der Waals surface area contributed by atoms with Crippen LogP contribution in [0, 0.1) is 19.7 Å². The van der Waals surface area contributed by atoms with E-state index in [0.717, 1.165) is 5.56 Å². The Balaban J connectivity index is 2.17. The van der Waals surface area contributed by atoms with Crippen molar-refractivity contribution in [2.45, 2.75) is 20.3 Å². The quantitative estimate of drug-likeness (QED) is 0.736. The molecule has 7 heteroatoms. The third kappa shape index (κ3) is 2.55. The van der Waals surface area contributed by atoms with Gasteiger partial charge < -0.3 is 9.90 Å². The van der Waals surface area contributed by atoms with Gasteiger partial charge in [0, 0.05) is 28.4 Å². The molecule has 0 aliphatic heterocycles. The molecule has 3 rings (SSSR count). The predicted octanol–water partition coefficient (Wildman–Crippen LogP) is 2.09. The van der Waals surface area contributed by atoms with Gasteiger partial charge in [0.15, 0.2) is 5.65 Å². The number of aryl methyl sites for hydroxylation is 2. The Hall–Kier alpha value is -2.47. The van der Waals surface area contributed by atoms with Gasteiger partial charge >= 0.3 is 0 Å². The van der Waals surface area contributed by atoms with Gasteiger partial charge in [-0.25, -0.2) is 13.9 Å². The van der Waals surface area contributed by atoms with E-state index < -0.39 is 11.8 Å². The molecule has 1 aromatic carbocycles. The molecule has 118 valence electrons. The third-order valence-corrected chi connectivity index (χ3v) is 4.20. The molecule has 5 nitrogen and oxygen atoms in total. The first-order valence-corrected chi connectivity index (χ1v) is 7.26.